The van der Waals surface area contributed by atoms with Crippen LogP contribution in [0.15, 0.2) is 42.5 Å². The zero-order valence-corrected chi connectivity index (χ0v) is 15.7. The van der Waals surface area contributed by atoms with E-state index in [0.717, 1.165) is 16.9 Å². The van der Waals surface area contributed by atoms with Gasteiger partial charge in [-0.2, -0.15) is 0 Å². The predicted octanol–water partition coefficient (Wildman–Crippen LogP) is 4.94. The molecule has 0 saturated heterocycles. The Hall–Kier alpha value is -1.36. The van der Waals surface area contributed by atoms with Gasteiger partial charge in [-0.3, -0.25) is 4.79 Å². The van der Waals surface area contributed by atoms with E-state index in [9.17, 15) is 4.79 Å². The van der Waals surface area contributed by atoms with Crippen molar-refractivity contribution in [2.75, 3.05) is 12.4 Å². The molecule has 0 atom stereocenters. The van der Waals surface area contributed by atoms with Crippen molar-refractivity contribution in [3.63, 3.8) is 0 Å². The number of ether oxygens (including phenoxy) is 1. The van der Waals surface area contributed by atoms with Gasteiger partial charge in [-0.15, -0.1) is 11.8 Å². The van der Waals surface area contributed by atoms with Crippen LogP contribution >= 0.6 is 35.0 Å². The van der Waals surface area contributed by atoms with Gasteiger partial charge in [0.2, 0.25) is 5.91 Å². The third-order valence-electron chi connectivity index (χ3n) is 3.24. The summed E-state index contributed by atoms with van der Waals surface area (Å²) in [5.41, 5.74) is 1.87. The second-order valence-corrected chi connectivity index (χ2v) is 6.85. The van der Waals surface area contributed by atoms with Gasteiger partial charge in [-0.1, -0.05) is 41.4 Å². The van der Waals surface area contributed by atoms with Gasteiger partial charge in [0.1, 0.15) is 5.75 Å². The van der Waals surface area contributed by atoms with Gasteiger partial charge in [0.05, 0.1) is 12.4 Å². The molecule has 0 bridgehead atoms. The minimum absolute atomic E-state index is 0.0232. The first-order valence-electron chi connectivity index (χ1n) is 7.59. The standard InChI is InChI=1S/C18H19Cl2NO2S/c1-2-23-14-6-3-5-13(9-14)10-21-18(22)12-24-11-15-16(19)7-4-8-17(15)20/h3-9H,2,10-12H2,1H3,(H,21,22). The van der Waals surface area contributed by atoms with E-state index in [0.29, 0.717) is 34.7 Å². The molecule has 0 spiro atoms. The Kier molecular flexibility index (Phi) is 7.76. The van der Waals surface area contributed by atoms with Crippen LogP contribution in [-0.4, -0.2) is 18.3 Å². The van der Waals surface area contributed by atoms with Crippen LogP contribution in [0.4, 0.5) is 0 Å². The molecule has 0 aromatic heterocycles. The molecule has 0 saturated carbocycles. The average molecular weight is 384 g/mol. The summed E-state index contributed by atoms with van der Waals surface area (Å²) in [5.74, 6) is 1.75. The van der Waals surface area contributed by atoms with Crippen molar-refractivity contribution in [2.45, 2.75) is 19.2 Å². The highest BCUT2D eigenvalue weighted by Crippen LogP contribution is 2.28. The van der Waals surface area contributed by atoms with Crippen molar-refractivity contribution in [2.24, 2.45) is 0 Å². The van der Waals surface area contributed by atoms with Gasteiger partial charge in [-0.05, 0) is 42.3 Å². The summed E-state index contributed by atoms with van der Waals surface area (Å²) in [7, 11) is 0. The minimum atomic E-state index is -0.0232. The summed E-state index contributed by atoms with van der Waals surface area (Å²) in [4.78, 5) is 12.0. The lowest BCUT2D eigenvalue weighted by Crippen LogP contribution is -2.24. The van der Waals surface area contributed by atoms with E-state index < -0.39 is 0 Å². The SMILES string of the molecule is CCOc1cccc(CNC(=O)CSCc2c(Cl)cccc2Cl)c1. The zero-order valence-electron chi connectivity index (χ0n) is 13.4. The Bertz CT molecular complexity index is 674. The lowest BCUT2D eigenvalue weighted by molar-refractivity contribution is -0.118. The van der Waals surface area contributed by atoms with E-state index in [2.05, 4.69) is 5.32 Å². The number of thioether (sulfide) groups is 1. The third-order valence-corrected chi connectivity index (χ3v) is 4.91. The molecule has 2 aromatic carbocycles. The Morgan fingerprint density at radius 3 is 2.58 bits per heavy atom. The van der Waals surface area contributed by atoms with Crippen LogP contribution in [0.5, 0.6) is 5.75 Å². The quantitative estimate of drug-likeness (QED) is 0.701. The summed E-state index contributed by atoms with van der Waals surface area (Å²) >= 11 is 13.7. The maximum Gasteiger partial charge on any atom is 0.230 e. The Labute approximate surface area is 156 Å². The Morgan fingerprint density at radius 1 is 1.17 bits per heavy atom. The van der Waals surface area contributed by atoms with Crippen LogP contribution in [-0.2, 0) is 17.1 Å². The maximum absolute atomic E-state index is 12.0. The van der Waals surface area contributed by atoms with Gasteiger partial charge in [0.25, 0.3) is 0 Å². The van der Waals surface area contributed by atoms with E-state index >= 15 is 0 Å². The van der Waals surface area contributed by atoms with E-state index in [4.69, 9.17) is 27.9 Å². The lowest BCUT2D eigenvalue weighted by Gasteiger charge is -2.09. The molecule has 6 heteroatoms. The Balaban J connectivity index is 1.76. The van der Waals surface area contributed by atoms with E-state index in [1.54, 1.807) is 12.1 Å². The second-order valence-electron chi connectivity index (χ2n) is 5.05. The molecular formula is C18H19Cl2NO2S. The van der Waals surface area contributed by atoms with E-state index in [1.807, 2.05) is 37.3 Å². The number of rotatable bonds is 8. The number of carbonyl (C=O) groups is 1. The molecule has 24 heavy (non-hydrogen) atoms. The van der Waals surface area contributed by atoms with Gasteiger partial charge in [0, 0.05) is 22.3 Å². The molecular weight excluding hydrogens is 365 g/mol. The van der Waals surface area contributed by atoms with Gasteiger partial charge in [0.15, 0.2) is 0 Å². The highest BCUT2D eigenvalue weighted by Gasteiger charge is 2.08. The smallest absolute Gasteiger partial charge is 0.230 e. The van der Waals surface area contributed by atoms with Crippen LogP contribution in [0.3, 0.4) is 0 Å². The summed E-state index contributed by atoms with van der Waals surface area (Å²) in [6.45, 7) is 3.04. The van der Waals surface area contributed by atoms with Crippen LogP contribution in [0, 0.1) is 0 Å². The fourth-order valence-corrected chi connectivity index (χ4v) is 3.67. The normalized spacial score (nSPS) is 10.5. The van der Waals surface area contributed by atoms with Crippen LogP contribution in [0.2, 0.25) is 10.0 Å². The maximum atomic E-state index is 12.0. The van der Waals surface area contributed by atoms with E-state index in [1.165, 1.54) is 11.8 Å². The monoisotopic (exact) mass is 383 g/mol. The van der Waals surface area contributed by atoms with Crippen molar-refractivity contribution >= 4 is 40.9 Å². The number of hydrogen-bond acceptors (Lipinski definition) is 3. The first kappa shape index (κ1) is 19.0. The first-order chi connectivity index (χ1) is 11.6. The molecule has 2 rings (SSSR count). The zero-order chi connectivity index (χ0) is 17.4. The first-order valence-corrected chi connectivity index (χ1v) is 9.50. The molecule has 0 heterocycles. The summed E-state index contributed by atoms with van der Waals surface area (Å²) in [6, 6.07) is 13.1. The highest BCUT2D eigenvalue weighted by molar-refractivity contribution is 7.99. The number of amides is 1. The van der Waals surface area contributed by atoms with Gasteiger partial charge < -0.3 is 10.1 Å². The molecule has 0 aliphatic rings. The molecule has 1 amide bonds. The largest absolute Gasteiger partial charge is 0.494 e. The van der Waals surface area contributed by atoms with Crippen molar-refractivity contribution in [1.29, 1.82) is 0 Å². The molecule has 3 nitrogen and oxygen atoms in total. The number of benzene rings is 2. The summed E-state index contributed by atoms with van der Waals surface area (Å²) in [6.07, 6.45) is 0. The molecule has 2 aromatic rings. The van der Waals surface area contributed by atoms with Crippen molar-refractivity contribution in [1.82, 2.24) is 5.32 Å². The van der Waals surface area contributed by atoms with Crippen molar-refractivity contribution < 1.29 is 9.53 Å². The summed E-state index contributed by atoms with van der Waals surface area (Å²) < 4.78 is 5.45. The lowest BCUT2D eigenvalue weighted by atomic mass is 10.2. The molecule has 128 valence electrons. The molecule has 1 N–H and O–H groups in total. The third kappa shape index (κ3) is 5.93. The molecule has 0 aliphatic heterocycles. The number of hydrogen-bond donors (Lipinski definition) is 1. The second kappa shape index (κ2) is 9.82. The number of carbonyl (C=O) groups excluding carboxylic acids is 1. The predicted molar refractivity (Wildman–Crippen MR) is 102 cm³/mol. The Morgan fingerprint density at radius 2 is 1.88 bits per heavy atom. The van der Waals surface area contributed by atoms with Crippen LogP contribution in [0.1, 0.15) is 18.1 Å². The van der Waals surface area contributed by atoms with E-state index in [-0.39, 0.29) is 5.91 Å². The molecule has 0 fully saturated rings. The van der Waals surface area contributed by atoms with Gasteiger partial charge in [-0.25, -0.2) is 0 Å². The topological polar surface area (TPSA) is 38.3 Å². The molecule has 0 radical (unpaired) electrons. The van der Waals surface area contributed by atoms with Crippen molar-refractivity contribution in [3.05, 3.63) is 63.6 Å². The fourth-order valence-electron chi connectivity index (χ4n) is 2.08. The van der Waals surface area contributed by atoms with Crippen LogP contribution in [0.25, 0.3) is 0 Å². The molecule has 0 unspecified atom stereocenters. The number of halogens is 2. The number of nitrogens with one attached hydrogen (secondary N) is 1. The van der Waals surface area contributed by atoms with Crippen LogP contribution < -0.4 is 10.1 Å². The summed E-state index contributed by atoms with van der Waals surface area (Å²) in [5, 5.41) is 4.16. The minimum Gasteiger partial charge on any atom is -0.494 e. The van der Waals surface area contributed by atoms with Gasteiger partial charge >= 0.3 is 0 Å². The molecule has 0 aliphatic carbocycles. The van der Waals surface area contributed by atoms with Crippen molar-refractivity contribution in [3.8, 4) is 5.75 Å². The average Bonchev–Trinajstić information content (AvgIpc) is 2.56. The fraction of sp³-hybridized carbons (Fsp3) is 0.278. The highest BCUT2D eigenvalue weighted by atomic mass is 35.5.